The molecule has 0 aliphatic carbocycles. The number of rotatable bonds is 5. The largest absolute Gasteiger partial charge is 0.465 e. The summed E-state index contributed by atoms with van der Waals surface area (Å²) in [5, 5.41) is 11.6. The molecule has 0 radical (unpaired) electrons. The maximum absolute atomic E-state index is 12.2. The lowest BCUT2D eigenvalue weighted by molar-refractivity contribution is -0.113. The van der Waals surface area contributed by atoms with E-state index in [1.165, 1.54) is 18.9 Å². The monoisotopic (exact) mass is 371 g/mol. The van der Waals surface area contributed by atoms with E-state index in [-0.39, 0.29) is 11.7 Å². The Bertz CT molecular complexity index is 986. The third-order valence-electron chi connectivity index (χ3n) is 3.56. The molecule has 0 saturated carbocycles. The van der Waals surface area contributed by atoms with Gasteiger partial charge in [0.1, 0.15) is 5.82 Å². The van der Waals surface area contributed by atoms with Crippen LogP contribution >= 0.6 is 11.8 Å². The minimum Gasteiger partial charge on any atom is -0.465 e. The van der Waals surface area contributed by atoms with Crippen molar-refractivity contribution in [2.24, 2.45) is 0 Å². The molecule has 0 bridgehead atoms. The second-order valence-corrected chi connectivity index (χ2v) is 6.47. The second-order valence-electron chi connectivity index (χ2n) is 5.53. The van der Waals surface area contributed by atoms with Crippen molar-refractivity contribution in [1.29, 1.82) is 0 Å². The Morgan fingerprint density at radius 1 is 1.23 bits per heavy atom. The number of thioether (sulfide) groups is 1. The van der Waals surface area contributed by atoms with Gasteiger partial charge in [-0.1, -0.05) is 17.8 Å². The van der Waals surface area contributed by atoms with Gasteiger partial charge in [0.05, 0.1) is 18.4 Å². The average molecular weight is 371 g/mol. The van der Waals surface area contributed by atoms with Crippen LogP contribution in [0.3, 0.4) is 0 Å². The molecule has 1 amide bonds. The molecule has 3 rings (SSSR count). The topological polar surface area (TPSA) is 98.5 Å². The molecule has 0 atom stereocenters. The van der Waals surface area contributed by atoms with Crippen molar-refractivity contribution >= 4 is 35.0 Å². The first-order chi connectivity index (χ1) is 12.5. The summed E-state index contributed by atoms with van der Waals surface area (Å²) in [5.41, 5.74) is 2.46. The van der Waals surface area contributed by atoms with Crippen LogP contribution in [0.25, 0.3) is 5.65 Å². The van der Waals surface area contributed by atoms with Gasteiger partial charge in [-0.25, -0.2) is 9.78 Å². The average Bonchev–Trinajstić information content (AvgIpc) is 3.02. The van der Waals surface area contributed by atoms with E-state index >= 15 is 0 Å². The van der Waals surface area contributed by atoms with Crippen LogP contribution in [0.15, 0.2) is 35.5 Å². The van der Waals surface area contributed by atoms with E-state index in [0.717, 1.165) is 11.5 Å². The Labute approximate surface area is 154 Å². The fraction of sp³-hybridized carbons (Fsp3) is 0.235. The van der Waals surface area contributed by atoms with E-state index in [9.17, 15) is 9.59 Å². The number of methoxy groups -OCH3 is 1. The molecule has 0 saturated heterocycles. The minimum absolute atomic E-state index is 0.149. The van der Waals surface area contributed by atoms with Gasteiger partial charge in [-0.3, -0.25) is 9.20 Å². The van der Waals surface area contributed by atoms with Crippen molar-refractivity contribution in [1.82, 2.24) is 19.6 Å². The number of carbonyl (C=O) groups excluding carboxylic acids is 2. The molecule has 0 aliphatic rings. The predicted molar refractivity (Wildman–Crippen MR) is 97.4 cm³/mol. The number of nitrogens with zero attached hydrogens (tertiary/aromatic N) is 4. The van der Waals surface area contributed by atoms with E-state index in [2.05, 4.69) is 25.2 Å². The van der Waals surface area contributed by atoms with Crippen molar-refractivity contribution in [3.8, 4) is 0 Å². The summed E-state index contributed by atoms with van der Waals surface area (Å²) in [6.45, 7) is 3.76. The van der Waals surface area contributed by atoms with Crippen LogP contribution in [-0.4, -0.2) is 44.3 Å². The number of hydrogen-bond acceptors (Lipinski definition) is 7. The molecule has 26 heavy (non-hydrogen) atoms. The van der Waals surface area contributed by atoms with Crippen molar-refractivity contribution < 1.29 is 14.3 Å². The first-order valence-corrected chi connectivity index (χ1v) is 8.77. The third-order valence-corrected chi connectivity index (χ3v) is 4.49. The van der Waals surface area contributed by atoms with Crippen LogP contribution in [0.2, 0.25) is 0 Å². The summed E-state index contributed by atoms with van der Waals surface area (Å²) in [4.78, 5) is 28.2. The highest BCUT2D eigenvalue weighted by Crippen LogP contribution is 2.19. The molecule has 0 unspecified atom stereocenters. The molecule has 2 heterocycles. The minimum atomic E-state index is -0.455. The fourth-order valence-electron chi connectivity index (χ4n) is 2.47. The number of anilines is 1. The number of ether oxygens (including phenoxy) is 1. The molecule has 3 aromatic rings. The zero-order valence-corrected chi connectivity index (χ0v) is 15.3. The van der Waals surface area contributed by atoms with Gasteiger partial charge in [-0.2, -0.15) is 0 Å². The quantitative estimate of drug-likeness (QED) is 0.542. The number of carbonyl (C=O) groups is 2. The Morgan fingerprint density at radius 2 is 2.04 bits per heavy atom. The molecule has 1 aromatic carbocycles. The molecular weight excluding hydrogens is 354 g/mol. The first kappa shape index (κ1) is 17.9. The number of nitrogens with one attached hydrogen (secondary N) is 1. The lowest BCUT2D eigenvalue weighted by atomic mass is 10.2. The SMILES string of the molecule is COC(=O)c1cccc(NC(=O)CSc2nnc3cc(C)nc(C)n23)c1. The van der Waals surface area contributed by atoms with Gasteiger partial charge in [0, 0.05) is 17.4 Å². The number of benzene rings is 1. The van der Waals surface area contributed by atoms with Crippen LogP contribution in [0.4, 0.5) is 5.69 Å². The Hall–Kier alpha value is -2.94. The molecule has 0 aliphatic heterocycles. The maximum Gasteiger partial charge on any atom is 0.337 e. The highest BCUT2D eigenvalue weighted by Gasteiger charge is 2.13. The molecule has 1 N–H and O–H groups in total. The smallest absolute Gasteiger partial charge is 0.337 e. The molecule has 0 fully saturated rings. The van der Waals surface area contributed by atoms with Gasteiger partial charge in [0.15, 0.2) is 10.8 Å². The lowest BCUT2D eigenvalue weighted by Gasteiger charge is -2.07. The fourth-order valence-corrected chi connectivity index (χ4v) is 3.25. The summed E-state index contributed by atoms with van der Waals surface area (Å²) in [5.74, 6) is 0.241. The van der Waals surface area contributed by atoms with Crippen molar-refractivity contribution in [2.75, 3.05) is 18.2 Å². The third kappa shape index (κ3) is 3.83. The summed E-state index contributed by atoms with van der Waals surface area (Å²) in [6, 6.07) is 8.41. The van der Waals surface area contributed by atoms with Crippen LogP contribution in [0, 0.1) is 13.8 Å². The second kappa shape index (κ2) is 7.52. The first-order valence-electron chi connectivity index (χ1n) is 7.78. The Balaban J connectivity index is 1.67. The summed E-state index contributed by atoms with van der Waals surface area (Å²) >= 11 is 1.26. The molecule has 134 valence electrons. The van der Waals surface area contributed by atoms with Gasteiger partial charge >= 0.3 is 5.97 Å². The van der Waals surface area contributed by atoms with Crippen LogP contribution < -0.4 is 5.32 Å². The van der Waals surface area contributed by atoms with Gasteiger partial charge < -0.3 is 10.1 Å². The van der Waals surface area contributed by atoms with Gasteiger partial charge in [0.2, 0.25) is 5.91 Å². The van der Waals surface area contributed by atoms with Gasteiger partial charge in [0.25, 0.3) is 0 Å². The summed E-state index contributed by atoms with van der Waals surface area (Å²) < 4.78 is 6.48. The van der Waals surface area contributed by atoms with Crippen molar-refractivity contribution in [3.05, 3.63) is 47.4 Å². The van der Waals surface area contributed by atoms with Gasteiger partial charge in [-0.15, -0.1) is 10.2 Å². The summed E-state index contributed by atoms with van der Waals surface area (Å²) in [7, 11) is 1.31. The standard InChI is InChI=1S/C17H17N5O3S/c1-10-7-14-20-21-17(22(14)11(2)18-10)26-9-15(23)19-13-6-4-5-12(8-13)16(24)25-3/h4-8H,9H2,1-3H3,(H,19,23). The molecule has 2 aromatic heterocycles. The molecule has 9 heteroatoms. The molecular formula is C17H17N5O3S. The van der Waals surface area contributed by atoms with E-state index in [1.807, 2.05) is 24.3 Å². The Morgan fingerprint density at radius 3 is 2.81 bits per heavy atom. The van der Waals surface area contributed by atoms with Crippen molar-refractivity contribution in [3.63, 3.8) is 0 Å². The number of hydrogen-bond donors (Lipinski definition) is 1. The number of amides is 1. The van der Waals surface area contributed by atoms with Crippen LogP contribution in [0.5, 0.6) is 0 Å². The van der Waals surface area contributed by atoms with E-state index in [4.69, 9.17) is 0 Å². The number of esters is 1. The molecule has 8 nitrogen and oxygen atoms in total. The zero-order chi connectivity index (χ0) is 18.7. The van der Waals surface area contributed by atoms with Crippen molar-refractivity contribution in [2.45, 2.75) is 19.0 Å². The molecule has 0 spiro atoms. The number of aromatic nitrogens is 4. The number of aryl methyl sites for hydroxylation is 2. The number of fused-ring (bicyclic) bond motifs is 1. The van der Waals surface area contributed by atoms with E-state index in [1.54, 1.807) is 24.3 Å². The van der Waals surface area contributed by atoms with Crippen LogP contribution in [0.1, 0.15) is 21.9 Å². The predicted octanol–water partition coefficient (Wildman–Crippen LogP) is 2.26. The highest BCUT2D eigenvalue weighted by molar-refractivity contribution is 7.99. The highest BCUT2D eigenvalue weighted by atomic mass is 32.2. The summed E-state index contributed by atoms with van der Waals surface area (Å²) in [6.07, 6.45) is 0. The van der Waals surface area contributed by atoms with Crippen LogP contribution in [-0.2, 0) is 9.53 Å². The maximum atomic E-state index is 12.2. The normalized spacial score (nSPS) is 10.7. The lowest BCUT2D eigenvalue weighted by Crippen LogP contribution is -2.15. The van der Waals surface area contributed by atoms with E-state index < -0.39 is 5.97 Å². The van der Waals surface area contributed by atoms with E-state index in [0.29, 0.717) is 22.1 Å². The zero-order valence-electron chi connectivity index (χ0n) is 14.5. The Kier molecular flexibility index (Phi) is 5.17. The van der Waals surface area contributed by atoms with Gasteiger partial charge in [-0.05, 0) is 32.0 Å².